The first-order valence-corrected chi connectivity index (χ1v) is 7.94. The molecule has 0 aromatic heterocycles. The van der Waals surface area contributed by atoms with Gasteiger partial charge in [-0.05, 0) is 50.6 Å². The number of anilines is 1. The number of likely N-dealkylation sites (tertiary alicyclic amines) is 1. The molecular weight excluding hydrogens is 280 g/mol. The van der Waals surface area contributed by atoms with E-state index in [-0.39, 0.29) is 6.42 Å². The third-order valence-corrected chi connectivity index (χ3v) is 4.16. The second-order valence-electron chi connectivity index (χ2n) is 5.85. The molecule has 122 valence electrons. The zero-order chi connectivity index (χ0) is 15.9. The van der Waals surface area contributed by atoms with Gasteiger partial charge >= 0.3 is 5.97 Å². The Bertz CT molecular complexity index is 499. The van der Waals surface area contributed by atoms with Crippen LogP contribution in [0.4, 0.5) is 5.69 Å². The van der Waals surface area contributed by atoms with Crippen LogP contribution in [0.5, 0.6) is 5.75 Å². The van der Waals surface area contributed by atoms with Crippen molar-refractivity contribution < 1.29 is 14.6 Å². The van der Waals surface area contributed by atoms with Crippen LogP contribution in [0.25, 0.3) is 0 Å². The van der Waals surface area contributed by atoms with Gasteiger partial charge in [-0.3, -0.25) is 4.79 Å². The van der Waals surface area contributed by atoms with Crippen molar-refractivity contribution in [3.05, 3.63) is 23.8 Å². The second-order valence-corrected chi connectivity index (χ2v) is 5.85. The summed E-state index contributed by atoms with van der Waals surface area (Å²) in [6.07, 6.45) is 2.67. The molecule has 0 saturated carbocycles. The van der Waals surface area contributed by atoms with Gasteiger partial charge in [0.1, 0.15) is 5.75 Å². The molecule has 1 fully saturated rings. The number of aryl methyl sites for hydroxylation is 1. The molecular formula is C17H26N2O3. The van der Waals surface area contributed by atoms with Crippen molar-refractivity contribution >= 4 is 11.7 Å². The molecule has 2 rings (SSSR count). The van der Waals surface area contributed by atoms with Crippen LogP contribution < -0.4 is 9.64 Å². The van der Waals surface area contributed by atoms with Crippen molar-refractivity contribution in [3.8, 4) is 5.75 Å². The molecule has 1 heterocycles. The van der Waals surface area contributed by atoms with Gasteiger partial charge in [0.05, 0.1) is 19.2 Å². The molecule has 0 amide bonds. The maximum Gasteiger partial charge on any atom is 0.305 e. The Labute approximate surface area is 132 Å². The van der Waals surface area contributed by atoms with E-state index in [9.17, 15) is 4.79 Å². The van der Waals surface area contributed by atoms with E-state index in [0.29, 0.717) is 6.54 Å². The molecule has 1 saturated heterocycles. The standard InChI is InChI=1S/C17H26N2O3/c1-14-5-6-16(22-2)15(13-14)19(10-7-17(20)21)12-11-18-8-3-4-9-18/h5-6,13H,3-4,7-12H2,1-2H3,(H,20,21). The molecule has 0 unspecified atom stereocenters. The Balaban J connectivity index is 2.11. The van der Waals surface area contributed by atoms with Crippen LogP contribution in [0, 0.1) is 6.92 Å². The molecule has 1 aliphatic rings. The molecule has 1 aliphatic heterocycles. The van der Waals surface area contributed by atoms with E-state index in [4.69, 9.17) is 9.84 Å². The third kappa shape index (κ3) is 4.63. The fraction of sp³-hybridized carbons (Fsp3) is 0.588. The van der Waals surface area contributed by atoms with Crippen LogP contribution in [0.1, 0.15) is 24.8 Å². The van der Waals surface area contributed by atoms with Gasteiger partial charge in [0.2, 0.25) is 0 Å². The highest BCUT2D eigenvalue weighted by molar-refractivity contribution is 5.68. The molecule has 1 aromatic rings. The zero-order valence-electron chi connectivity index (χ0n) is 13.5. The molecule has 0 aliphatic carbocycles. The predicted octanol–water partition coefficient (Wildman–Crippen LogP) is 2.38. The van der Waals surface area contributed by atoms with Gasteiger partial charge in [0.25, 0.3) is 0 Å². The zero-order valence-corrected chi connectivity index (χ0v) is 13.5. The molecule has 1 aromatic carbocycles. The lowest BCUT2D eigenvalue weighted by Gasteiger charge is -2.28. The number of hydrogen-bond donors (Lipinski definition) is 1. The highest BCUT2D eigenvalue weighted by Gasteiger charge is 2.17. The summed E-state index contributed by atoms with van der Waals surface area (Å²) >= 11 is 0. The molecule has 0 bridgehead atoms. The number of ether oxygens (including phenoxy) is 1. The first kappa shape index (κ1) is 16.6. The van der Waals surface area contributed by atoms with Crippen molar-refractivity contribution in [2.45, 2.75) is 26.2 Å². The molecule has 1 N–H and O–H groups in total. The fourth-order valence-electron chi connectivity index (χ4n) is 2.90. The molecule has 0 spiro atoms. The van der Waals surface area contributed by atoms with Crippen molar-refractivity contribution in [2.75, 3.05) is 44.7 Å². The van der Waals surface area contributed by atoms with Gasteiger partial charge in [-0.1, -0.05) is 6.07 Å². The summed E-state index contributed by atoms with van der Waals surface area (Å²) in [5.41, 5.74) is 2.14. The van der Waals surface area contributed by atoms with E-state index in [1.807, 2.05) is 19.1 Å². The van der Waals surface area contributed by atoms with Crippen molar-refractivity contribution in [2.24, 2.45) is 0 Å². The summed E-state index contributed by atoms with van der Waals surface area (Å²) in [6, 6.07) is 6.04. The first-order valence-electron chi connectivity index (χ1n) is 7.94. The molecule has 5 nitrogen and oxygen atoms in total. The number of methoxy groups -OCH3 is 1. The lowest BCUT2D eigenvalue weighted by Crippen LogP contribution is -2.35. The number of rotatable bonds is 8. The Morgan fingerprint density at radius 1 is 1.32 bits per heavy atom. The van der Waals surface area contributed by atoms with E-state index < -0.39 is 5.97 Å². The summed E-state index contributed by atoms with van der Waals surface area (Å²) < 4.78 is 5.46. The van der Waals surface area contributed by atoms with Crippen LogP contribution in [0.3, 0.4) is 0 Å². The lowest BCUT2D eigenvalue weighted by molar-refractivity contribution is -0.136. The van der Waals surface area contributed by atoms with Crippen molar-refractivity contribution in [1.29, 1.82) is 0 Å². The summed E-state index contributed by atoms with van der Waals surface area (Å²) in [5.74, 6) is 0.0372. The van der Waals surface area contributed by atoms with Crippen LogP contribution in [0.2, 0.25) is 0 Å². The predicted molar refractivity (Wildman–Crippen MR) is 87.9 cm³/mol. The smallest absolute Gasteiger partial charge is 0.305 e. The maximum atomic E-state index is 10.9. The quantitative estimate of drug-likeness (QED) is 0.799. The van der Waals surface area contributed by atoms with E-state index >= 15 is 0 Å². The highest BCUT2D eigenvalue weighted by atomic mass is 16.5. The van der Waals surface area contributed by atoms with E-state index in [2.05, 4.69) is 15.9 Å². The minimum atomic E-state index is -0.766. The summed E-state index contributed by atoms with van der Waals surface area (Å²) in [4.78, 5) is 15.5. The third-order valence-electron chi connectivity index (χ3n) is 4.16. The second kappa shape index (κ2) is 8.03. The van der Waals surface area contributed by atoms with Crippen LogP contribution >= 0.6 is 0 Å². The number of hydrogen-bond acceptors (Lipinski definition) is 4. The van der Waals surface area contributed by atoms with Crippen LogP contribution in [-0.4, -0.2) is 55.8 Å². The Hall–Kier alpha value is -1.75. The molecule has 0 atom stereocenters. The SMILES string of the molecule is COc1ccc(C)cc1N(CCC(=O)O)CCN1CCCC1. The minimum absolute atomic E-state index is 0.136. The van der Waals surface area contributed by atoms with E-state index in [1.165, 1.54) is 12.8 Å². The van der Waals surface area contributed by atoms with Gasteiger partial charge in [0, 0.05) is 19.6 Å². The maximum absolute atomic E-state index is 10.9. The highest BCUT2D eigenvalue weighted by Crippen LogP contribution is 2.29. The summed E-state index contributed by atoms with van der Waals surface area (Å²) in [6.45, 7) is 6.64. The van der Waals surface area contributed by atoms with Gasteiger partial charge in [-0.15, -0.1) is 0 Å². The monoisotopic (exact) mass is 306 g/mol. The topological polar surface area (TPSA) is 53.0 Å². The minimum Gasteiger partial charge on any atom is -0.495 e. The number of carboxylic acids is 1. The van der Waals surface area contributed by atoms with E-state index in [1.54, 1.807) is 7.11 Å². The van der Waals surface area contributed by atoms with Crippen molar-refractivity contribution in [3.63, 3.8) is 0 Å². The average molecular weight is 306 g/mol. The Morgan fingerprint density at radius 2 is 2.05 bits per heavy atom. The summed E-state index contributed by atoms with van der Waals surface area (Å²) in [5, 5.41) is 9.00. The fourth-order valence-corrected chi connectivity index (χ4v) is 2.90. The average Bonchev–Trinajstić information content (AvgIpc) is 3.00. The number of aliphatic carboxylic acids is 1. The van der Waals surface area contributed by atoms with Crippen LogP contribution in [-0.2, 0) is 4.79 Å². The Morgan fingerprint density at radius 3 is 2.68 bits per heavy atom. The van der Waals surface area contributed by atoms with Crippen molar-refractivity contribution in [1.82, 2.24) is 4.90 Å². The van der Waals surface area contributed by atoms with Gasteiger partial charge in [-0.25, -0.2) is 0 Å². The molecule has 5 heteroatoms. The first-order chi connectivity index (χ1) is 10.6. The summed E-state index contributed by atoms with van der Waals surface area (Å²) in [7, 11) is 1.66. The number of nitrogens with zero attached hydrogens (tertiary/aromatic N) is 2. The lowest BCUT2D eigenvalue weighted by atomic mass is 10.1. The number of carboxylic acid groups (broad SMARTS) is 1. The Kier molecular flexibility index (Phi) is 6.07. The number of carbonyl (C=O) groups is 1. The van der Waals surface area contributed by atoms with Gasteiger partial charge in [0.15, 0.2) is 0 Å². The number of benzene rings is 1. The molecule has 22 heavy (non-hydrogen) atoms. The molecule has 0 radical (unpaired) electrons. The van der Waals surface area contributed by atoms with Crippen LogP contribution in [0.15, 0.2) is 18.2 Å². The van der Waals surface area contributed by atoms with Gasteiger partial charge in [-0.2, -0.15) is 0 Å². The largest absolute Gasteiger partial charge is 0.495 e. The van der Waals surface area contributed by atoms with E-state index in [0.717, 1.165) is 43.2 Å². The van der Waals surface area contributed by atoms with Gasteiger partial charge < -0.3 is 19.6 Å². The normalized spacial score (nSPS) is 15.0.